The van der Waals surface area contributed by atoms with Crippen LogP contribution in [-0.2, 0) is 32.7 Å². The van der Waals surface area contributed by atoms with Gasteiger partial charge in [0, 0.05) is 19.4 Å². The first-order valence-electron chi connectivity index (χ1n) is 22.6. The quantitative estimate of drug-likeness (QED) is 0.0199. The van der Waals surface area contributed by atoms with Crippen LogP contribution in [0.2, 0.25) is 0 Å². The van der Waals surface area contributed by atoms with E-state index in [4.69, 9.17) is 24.3 Å². The fraction of sp³-hybridized carbons (Fsp3) is 0.822. The summed E-state index contributed by atoms with van der Waals surface area (Å²) in [5.41, 5.74) is 5.34. The normalized spacial score (nSPS) is 14.7. The summed E-state index contributed by atoms with van der Waals surface area (Å²) in [6.45, 7) is 3.39. The van der Waals surface area contributed by atoms with Crippen LogP contribution in [-0.4, -0.2) is 71.7 Å². The van der Waals surface area contributed by atoms with E-state index in [-0.39, 0.29) is 45.4 Å². The van der Waals surface area contributed by atoms with Gasteiger partial charge in [0.15, 0.2) is 6.10 Å². The van der Waals surface area contributed by atoms with Crippen LogP contribution in [0.25, 0.3) is 0 Å². The van der Waals surface area contributed by atoms with Crippen molar-refractivity contribution in [2.24, 2.45) is 5.73 Å². The van der Waals surface area contributed by atoms with E-state index in [2.05, 4.69) is 38.2 Å². The maximum Gasteiger partial charge on any atom is 0.472 e. The van der Waals surface area contributed by atoms with Crippen LogP contribution in [0.15, 0.2) is 36.5 Å². The molecule has 4 atom stereocenters. The average molecular weight is 830 g/mol. The molecule has 0 aromatic rings. The number of phosphoric acid groups is 1. The molecule has 57 heavy (non-hydrogen) atoms. The number of esters is 2. The summed E-state index contributed by atoms with van der Waals surface area (Å²) in [7, 11) is -4.44. The van der Waals surface area contributed by atoms with Gasteiger partial charge in [-0.15, -0.1) is 0 Å². The third kappa shape index (κ3) is 39.4. The molecule has 5 N–H and O–H groups in total. The van der Waals surface area contributed by atoms with Crippen molar-refractivity contribution in [3.63, 3.8) is 0 Å². The third-order valence-electron chi connectivity index (χ3n) is 9.73. The fourth-order valence-corrected chi connectivity index (χ4v) is 6.97. The van der Waals surface area contributed by atoms with Gasteiger partial charge in [-0.3, -0.25) is 18.6 Å². The highest BCUT2D eigenvalue weighted by Crippen LogP contribution is 2.43. The SMILES string of the molecule is CCCCC/C=C\C/C=C\C/C=C\CC(O)C(O)CCCC(=O)OC[C@H](COP(=O)(O)OCCN)OC(=O)CCCCCCCCCCCCCCCCCCC. The Bertz CT molecular complexity index is 1070. The molecule has 0 aliphatic carbocycles. The van der Waals surface area contributed by atoms with Crippen molar-refractivity contribution < 1.29 is 47.8 Å². The molecule has 0 amide bonds. The summed E-state index contributed by atoms with van der Waals surface area (Å²) in [6.07, 6.45) is 37.7. The maximum atomic E-state index is 12.6. The van der Waals surface area contributed by atoms with Crippen molar-refractivity contribution >= 4 is 19.8 Å². The van der Waals surface area contributed by atoms with Crippen LogP contribution in [0, 0.1) is 0 Å². The minimum absolute atomic E-state index is 0.0148. The molecule has 0 aliphatic rings. The molecule has 0 radical (unpaired) electrons. The van der Waals surface area contributed by atoms with Crippen LogP contribution in [0.1, 0.15) is 194 Å². The maximum absolute atomic E-state index is 12.6. The topological polar surface area (TPSA) is 175 Å². The van der Waals surface area contributed by atoms with Crippen molar-refractivity contribution in [3.8, 4) is 0 Å². The zero-order valence-electron chi connectivity index (χ0n) is 36.0. The Labute approximate surface area is 347 Å². The molecule has 0 saturated heterocycles. The highest BCUT2D eigenvalue weighted by atomic mass is 31.2. The summed E-state index contributed by atoms with van der Waals surface area (Å²) < 4.78 is 32.6. The van der Waals surface area contributed by atoms with Gasteiger partial charge in [-0.2, -0.15) is 0 Å². The van der Waals surface area contributed by atoms with Gasteiger partial charge in [0.25, 0.3) is 0 Å². The largest absolute Gasteiger partial charge is 0.472 e. The first kappa shape index (κ1) is 55.2. The second-order valence-electron chi connectivity index (χ2n) is 15.2. The molecule has 334 valence electrons. The Morgan fingerprint density at radius 2 is 1.09 bits per heavy atom. The van der Waals surface area contributed by atoms with E-state index >= 15 is 0 Å². The number of nitrogens with two attached hydrogens (primary N) is 1. The van der Waals surface area contributed by atoms with E-state index in [9.17, 15) is 29.3 Å². The molecule has 0 bridgehead atoms. The number of unbranched alkanes of at least 4 members (excludes halogenated alkanes) is 19. The minimum atomic E-state index is -4.44. The fourth-order valence-electron chi connectivity index (χ4n) is 6.21. The Morgan fingerprint density at radius 1 is 0.596 bits per heavy atom. The summed E-state index contributed by atoms with van der Waals surface area (Å²) in [5.74, 6) is -1.11. The standard InChI is InChI=1S/C45H84NO10P/c1-3-5-7-9-11-13-15-17-18-19-20-21-23-25-27-29-31-35-45(50)56-41(40-55-57(51,52)54-38-37-46)39-53-44(49)36-32-34-43(48)42(47)33-30-28-26-24-22-16-14-12-10-8-6-4-2/h12,14,22,24,28,30,41-43,47-48H,3-11,13,15-21,23,25-27,29,31-40,46H2,1-2H3,(H,51,52)/b14-12-,24-22-,30-28-/t41-,42?,43?/m1/s1. The van der Waals surface area contributed by atoms with Gasteiger partial charge in [-0.05, 0) is 51.4 Å². The lowest BCUT2D eigenvalue weighted by atomic mass is 10.0. The van der Waals surface area contributed by atoms with Gasteiger partial charge in [0.1, 0.15) is 6.61 Å². The lowest BCUT2D eigenvalue weighted by molar-refractivity contribution is -0.161. The zero-order valence-corrected chi connectivity index (χ0v) is 36.9. The predicted molar refractivity (Wildman–Crippen MR) is 232 cm³/mol. The molecule has 0 heterocycles. The monoisotopic (exact) mass is 830 g/mol. The number of hydrogen-bond donors (Lipinski definition) is 4. The van der Waals surface area contributed by atoms with Crippen LogP contribution < -0.4 is 5.73 Å². The number of carbonyl (C=O) groups excluding carboxylic acids is 2. The molecular formula is C45H84NO10P. The number of aliphatic hydroxyl groups excluding tert-OH is 2. The van der Waals surface area contributed by atoms with Gasteiger partial charge in [0.2, 0.25) is 0 Å². The number of carbonyl (C=O) groups is 2. The Hall–Kier alpha value is -1.85. The van der Waals surface area contributed by atoms with E-state index in [1.807, 2.05) is 12.2 Å². The highest BCUT2D eigenvalue weighted by molar-refractivity contribution is 7.47. The number of hydrogen-bond acceptors (Lipinski definition) is 10. The minimum Gasteiger partial charge on any atom is -0.462 e. The summed E-state index contributed by atoms with van der Waals surface area (Å²) in [4.78, 5) is 35.0. The smallest absolute Gasteiger partial charge is 0.462 e. The summed E-state index contributed by atoms with van der Waals surface area (Å²) in [6, 6.07) is 0. The van der Waals surface area contributed by atoms with Crippen LogP contribution in [0.4, 0.5) is 0 Å². The van der Waals surface area contributed by atoms with Gasteiger partial charge < -0.3 is 30.3 Å². The molecule has 0 aliphatic heterocycles. The molecule has 0 fully saturated rings. The summed E-state index contributed by atoms with van der Waals surface area (Å²) >= 11 is 0. The lowest BCUT2D eigenvalue weighted by Gasteiger charge is -2.20. The van der Waals surface area contributed by atoms with Crippen molar-refractivity contribution in [2.45, 2.75) is 212 Å². The highest BCUT2D eigenvalue weighted by Gasteiger charge is 2.26. The van der Waals surface area contributed by atoms with Crippen LogP contribution in [0.5, 0.6) is 0 Å². The van der Waals surface area contributed by atoms with E-state index in [0.29, 0.717) is 12.8 Å². The number of ether oxygens (including phenoxy) is 2. The third-order valence-corrected chi connectivity index (χ3v) is 10.7. The molecule has 0 saturated carbocycles. The van der Waals surface area contributed by atoms with Crippen molar-refractivity contribution in [2.75, 3.05) is 26.4 Å². The average Bonchev–Trinajstić information content (AvgIpc) is 3.19. The first-order valence-corrected chi connectivity index (χ1v) is 24.1. The van der Waals surface area contributed by atoms with Gasteiger partial charge in [-0.25, -0.2) is 4.57 Å². The van der Waals surface area contributed by atoms with Gasteiger partial charge >= 0.3 is 19.8 Å². The van der Waals surface area contributed by atoms with E-state index in [0.717, 1.165) is 38.5 Å². The second kappa shape index (κ2) is 40.9. The Kier molecular flexibility index (Phi) is 39.6. The van der Waals surface area contributed by atoms with Gasteiger partial charge in [-0.1, -0.05) is 166 Å². The number of rotatable bonds is 42. The summed E-state index contributed by atoms with van der Waals surface area (Å²) in [5, 5.41) is 20.7. The van der Waals surface area contributed by atoms with Gasteiger partial charge in [0.05, 0.1) is 25.4 Å². The molecule has 0 aromatic carbocycles. The molecule has 11 nitrogen and oxygen atoms in total. The molecule has 0 spiro atoms. The molecule has 0 aromatic heterocycles. The zero-order chi connectivity index (χ0) is 42.1. The van der Waals surface area contributed by atoms with E-state index in [1.54, 1.807) is 0 Å². The molecule has 0 rings (SSSR count). The molecule has 3 unspecified atom stereocenters. The van der Waals surface area contributed by atoms with Crippen LogP contribution in [0.3, 0.4) is 0 Å². The number of aliphatic hydroxyl groups is 2. The lowest BCUT2D eigenvalue weighted by Crippen LogP contribution is -2.30. The second-order valence-corrected chi connectivity index (χ2v) is 16.7. The van der Waals surface area contributed by atoms with Crippen LogP contribution >= 0.6 is 7.82 Å². The van der Waals surface area contributed by atoms with E-state index < -0.39 is 44.7 Å². The number of phosphoric ester groups is 1. The predicted octanol–water partition coefficient (Wildman–Crippen LogP) is 10.9. The van der Waals surface area contributed by atoms with Crippen molar-refractivity contribution in [1.29, 1.82) is 0 Å². The molecular weight excluding hydrogens is 745 g/mol. The Balaban J connectivity index is 4.35. The van der Waals surface area contributed by atoms with Crippen molar-refractivity contribution in [3.05, 3.63) is 36.5 Å². The molecule has 12 heteroatoms. The first-order chi connectivity index (χ1) is 27.6. The van der Waals surface area contributed by atoms with E-state index in [1.165, 1.54) is 103 Å². The van der Waals surface area contributed by atoms with Crippen molar-refractivity contribution in [1.82, 2.24) is 0 Å². The Morgan fingerprint density at radius 3 is 1.65 bits per heavy atom. The number of allylic oxidation sites excluding steroid dienone is 5.